The van der Waals surface area contributed by atoms with Crippen LogP contribution in [0.4, 0.5) is 0 Å². The van der Waals surface area contributed by atoms with E-state index in [2.05, 4.69) is 50.6 Å². The molecule has 0 unspecified atom stereocenters. The van der Waals surface area contributed by atoms with Gasteiger partial charge >= 0.3 is 0 Å². The topological polar surface area (TPSA) is 25.4 Å². The van der Waals surface area contributed by atoms with Crippen LogP contribution in [0.1, 0.15) is 52.3 Å². The van der Waals surface area contributed by atoms with Gasteiger partial charge in [-0.1, -0.05) is 13.3 Å². The summed E-state index contributed by atoms with van der Waals surface area (Å²) in [4.78, 5) is 6.97. The molecule has 1 aromatic rings. The van der Waals surface area contributed by atoms with E-state index in [9.17, 15) is 0 Å². The lowest BCUT2D eigenvalue weighted by Crippen LogP contribution is -2.39. The highest BCUT2D eigenvalue weighted by atomic mass is 35.5. The second-order valence-electron chi connectivity index (χ2n) is 5.96. The second kappa shape index (κ2) is 9.26. The summed E-state index contributed by atoms with van der Waals surface area (Å²) in [7, 11) is 0. The van der Waals surface area contributed by atoms with E-state index in [1.807, 2.05) is 6.07 Å². The van der Waals surface area contributed by atoms with Crippen molar-refractivity contribution in [2.45, 2.75) is 65.4 Å². The Labute approximate surface area is 134 Å². The summed E-state index contributed by atoms with van der Waals surface area (Å²) in [6, 6.07) is 5.05. The molecule has 3 nitrogen and oxygen atoms in total. The van der Waals surface area contributed by atoms with E-state index in [0.29, 0.717) is 30.5 Å². The van der Waals surface area contributed by atoms with Gasteiger partial charge in [-0.3, -0.25) is 4.90 Å². The lowest BCUT2D eigenvalue weighted by molar-refractivity contribution is 0.140. The molecule has 0 fully saturated rings. The number of nitrogens with zero attached hydrogens (tertiary/aromatic N) is 2. The molecule has 0 spiro atoms. The first-order valence-corrected chi connectivity index (χ1v) is 8.45. The highest BCUT2D eigenvalue weighted by Crippen LogP contribution is 2.16. The summed E-state index contributed by atoms with van der Waals surface area (Å²) in [5.74, 6) is 1.20. The zero-order valence-electron chi connectivity index (χ0n) is 14.0. The van der Waals surface area contributed by atoms with Crippen molar-refractivity contribution in [3.05, 3.63) is 23.4 Å². The number of hydrogen-bond donors (Lipinski definition) is 0. The van der Waals surface area contributed by atoms with Crippen LogP contribution >= 0.6 is 11.6 Å². The molecule has 0 saturated carbocycles. The van der Waals surface area contributed by atoms with Gasteiger partial charge in [-0.15, -0.1) is 11.6 Å². The average molecular weight is 313 g/mol. The number of hydrogen-bond acceptors (Lipinski definition) is 3. The van der Waals surface area contributed by atoms with Gasteiger partial charge in [0.2, 0.25) is 5.88 Å². The minimum atomic E-state index is 0.500. The molecule has 21 heavy (non-hydrogen) atoms. The van der Waals surface area contributed by atoms with Crippen molar-refractivity contribution in [1.29, 1.82) is 0 Å². The first-order chi connectivity index (χ1) is 9.97. The van der Waals surface area contributed by atoms with Crippen LogP contribution in [0.2, 0.25) is 0 Å². The number of rotatable bonds is 9. The van der Waals surface area contributed by atoms with E-state index in [0.717, 1.165) is 30.6 Å². The molecule has 0 radical (unpaired) electrons. The van der Waals surface area contributed by atoms with Crippen molar-refractivity contribution in [2.24, 2.45) is 0 Å². The fourth-order valence-corrected chi connectivity index (χ4v) is 2.68. The molecule has 1 rings (SSSR count). The van der Waals surface area contributed by atoms with Crippen molar-refractivity contribution >= 4 is 11.6 Å². The molecule has 0 bridgehead atoms. The maximum atomic E-state index is 5.95. The first kappa shape index (κ1) is 18.2. The van der Waals surface area contributed by atoms with Gasteiger partial charge in [0.05, 0.1) is 0 Å². The molecule has 4 heteroatoms. The van der Waals surface area contributed by atoms with Crippen LogP contribution < -0.4 is 4.74 Å². The highest BCUT2D eigenvalue weighted by Gasteiger charge is 2.13. The predicted octanol–water partition coefficient (Wildman–Crippen LogP) is 4.27. The minimum absolute atomic E-state index is 0.500. The smallest absolute Gasteiger partial charge is 0.213 e. The van der Waals surface area contributed by atoms with Gasteiger partial charge < -0.3 is 4.74 Å². The fourth-order valence-electron chi connectivity index (χ4n) is 2.52. The van der Waals surface area contributed by atoms with Crippen molar-refractivity contribution < 1.29 is 4.74 Å². The number of ether oxygens (including phenoxy) is 1. The van der Waals surface area contributed by atoms with Crippen LogP contribution in [0.3, 0.4) is 0 Å². The molecule has 1 aromatic heterocycles. The third-order valence-electron chi connectivity index (χ3n) is 3.50. The number of halogens is 1. The SMILES string of the molecule is CCCc1cc(CCl)cc(OCCN(C(C)C)C(C)C)n1. The Bertz CT molecular complexity index is 413. The van der Waals surface area contributed by atoms with E-state index in [1.165, 1.54) is 0 Å². The zero-order chi connectivity index (χ0) is 15.8. The molecule has 0 aliphatic carbocycles. The van der Waals surface area contributed by atoms with Gasteiger partial charge in [-0.2, -0.15) is 0 Å². The highest BCUT2D eigenvalue weighted by molar-refractivity contribution is 6.17. The standard InChI is InChI=1S/C17H29ClN2O/c1-6-7-16-10-15(12-18)11-17(19-16)21-9-8-20(13(2)3)14(4)5/h10-11,13-14H,6-9,12H2,1-5H3. The third-order valence-corrected chi connectivity index (χ3v) is 3.81. The number of aromatic nitrogens is 1. The Balaban J connectivity index is 2.63. The largest absolute Gasteiger partial charge is 0.476 e. The Morgan fingerprint density at radius 2 is 1.86 bits per heavy atom. The number of pyridine rings is 1. The molecular formula is C17H29ClN2O. The maximum absolute atomic E-state index is 5.95. The van der Waals surface area contributed by atoms with E-state index in [1.54, 1.807) is 0 Å². The predicted molar refractivity (Wildman–Crippen MR) is 90.3 cm³/mol. The van der Waals surface area contributed by atoms with Gasteiger partial charge in [0, 0.05) is 36.3 Å². The summed E-state index contributed by atoms with van der Waals surface area (Å²) in [5, 5.41) is 0. The fraction of sp³-hybridized carbons (Fsp3) is 0.706. The average Bonchev–Trinajstić information content (AvgIpc) is 2.42. The van der Waals surface area contributed by atoms with Gasteiger partial charge in [0.15, 0.2) is 0 Å². The lowest BCUT2D eigenvalue weighted by atomic mass is 10.2. The van der Waals surface area contributed by atoms with Crippen molar-refractivity contribution in [1.82, 2.24) is 9.88 Å². The quantitative estimate of drug-likeness (QED) is 0.637. The first-order valence-electron chi connectivity index (χ1n) is 7.92. The van der Waals surface area contributed by atoms with E-state index in [-0.39, 0.29) is 0 Å². The van der Waals surface area contributed by atoms with Gasteiger partial charge in [-0.05, 0) is 45.7 Å². The molecule has 0 saturated heterocycles. The van der Waals surface area contributed by atoms with Crippen LogP contribution in [0.5, 0.6) is 5.88 Å². The molecule has 0 atom stereocenters. The van der Waals surface area contributed by atoms with Crippen LogP contribution in [0.25, 0.3) is 0 Å². The zero-order valence-corrected chi connectivity index (χ0v) is 14.8. The Morgan fingerprint density at radius 1 is 1.19 bits per heavy atom. The second-order valence-corrected chi connectivity index (χ2v) is 6.23. The van der Waals surface area contributed by atoms with Crippen molar-refractivity contribution in [2.75, 3.05) is 13.2 Å². The van der Waals surface area contributed by atoms with E-state index < -0.39 is 0 Å². The molecule has 0 N–H and O–H groups in total. The molecule has 1 heterocycles. The summed E-state index contributed by atoms with van der Waals surface area (Å²) in [6.45, 7) is 12.6. The van der Waals surface area contributed by atoms with Crippen LogP contribution in [0, 0.1) is 0 Å². The Kier molecular flexibility index (Phi) is 8.05. The normalized spacial score (nSPS) is 11.7. The van der Waals surface area contributed by atoms with E-state index in [4.69, 9.17) is 16.3 Å². The Morgan fingerprint density at radius 3 is 2.38 bits per heavy atom. The monoisotopic (exact) mass is 312 g/mol. The summed E-state index contributed by atoms with van der Waals surface area (Å²) >= 11 is 5.95. The van der Waals surface area contributed by atoms with Crippen LogP contribution in [-0.4, -0.2) is 35.1 Å². The maximum Gasteiger partial charge on any atom is 0.213 e. The Hall–Kier alpha value is -0.800. The third kappa shape index (κ3) is 6.23. The molecule has 0 aliphatic rings. The molecular weight excluding hydrogens is 284 g/mol. The van der Waals surface area contributed by atoms with Crippen LogP contribution in [-0.2, 0) is 12.3 Å². The molecule has 0 aromatic carbocycles. The summed E-state index contributed by atoms with van der Waals surface area (Å²) in [6.07, 6.45) is 2.04. The van der Waals surface area contributed by atoms with E-state index >= 15 is 0 Å². The van der Waals surface area contributed by atoms with Gasteiger partial charge in [-0.25, -0.2) is 4.98 Å². The molecule has 120 valence electrons. The minimum Gasteiger partial charge on any atom is -0.476 e. The molecule has 0 aliphatic heterocycles. The lowest BCUT2D eigenvalue weighted by Gasteiger charge is -2.30. The van der Waals surface area contributed by atoms with Crippen LogP contribution in [0.15, 0.2) is 12.1 Å². The summed E-state index contributed by atoms with van der Waals surface area (Å²) in [5.41, 5.74) is 2.14. The number of aryl methyl sites for hydroxylation is 1. The summed E-state index contributed by atoms with van der Waals surface area (Å²) < 4.78 is 5.85. The molecule has 0 amide bonds. The van der Waals surface area contributed by atoms with Crippen molar-refractivity contribution in [3.63, 3.8) is 0 Å². The van der Waals surface area contributed by atoms with Gasteiger partial charge in [0.25, 0.3) is 0 Å². The van der Waals surface area contributed by atoms with Gasteiger partial charge in [0.1, 0.15) is 6.61 Å². The number of alkyl halides is 1. The van der Waals surface area contributed by atoms with Crippen molar-refractivity contribution in [3.8, 4) is 5.88 Å².